The maximum Gasteiger partial charge on any atom is 0.259 e. The molecule has 0 heterocycles. The van der Waals surface area contributed by atoms with Crippen LogP contribution in [0.25, 0.3) is 0 Å². The summed E-state index contributed by atoms with van der Waals surface area (Å²) < 4.78 is 5.40. The monoisotopic (exact) mass is 331 g/mol. The number of carbonyl (C=O) groups excluding carboxylic acids is 1. The van der Waals surface area contributed by atoms with Gasteiger partial charge in [-0.3, -0.25) is 4.79 Å². The molecular weight excluding hydrogens is 314 g/mol. The first-order valence-corrected chi connectivity index (χ1v) is 7.59. The Morgan fingerprint density at radius 2 is 2.04 bits per heavy atom. The number of anilines is 1. The quantitative estimate of drug-likeness (QED) is 0.604. The van der Waals surface area contributed by atoms with Crippen LogP contribution in [-0.2, 0) is 4.79 Å². The van der Waals surface area contributed by atoms with Gasteiger partial charge in [0.05, 0.1) is 19.4 Å². The molecule has 2 rings (SSSR count). The largest absolute Gasteiger partial charge is 0.494 e. The minimum atomic E-state index is -0.239. The van der Waals surface area contributed by atoms with E-state index in [0.717, 1.165) is 17.0 Å². The molecule has 23 heavy (non-hydrogen) atoms. The molecule has 2 aromatic carbocycles. The summed E-state index contributed by atoms with van der Waals surface area (Å²) in [5.41, 5.74) is 4.13. The second-order valence-electron chi connectivity index (χ2n) is 4.66. The molecule has 0 unspecified atom stereocenters. The highest BCUT2D eigenvalue weighted by Gasteiger charge is 1.99. The standard InChI is InChI=1S/C17H18ClN3O2/c1-2-23-16-5-3-4-13(10-16)11-20-21-17(22)12-19-15-8-6-14(18)7-9-15/h3-11,19H,2,12H2,1H3,(H,21,22)/b20-11-. The van der Waals surface area contributed by atoms with Gasteiger partial charge in [0, 0.05) is 10.7 Å². The van der Waals surface area contributed by atoms with E-state index < -0.39 is 0 Å². The first-order valence-electron chi connectivity index (χ1n) is 7.21. The zero-order valence-electron chi connectivity index (χ0n) is 12.8. The topological polar surface area (TPSA) is 62.7 Å². The van der Waals surface area contributed by atoms with E-state index in [0.29, 0.717) is 11.6 Å². The van der Waals surface area contributed by atoms with Gasteiger partial charge in [-0.05, 0) is 48.9 Å². The lowest BCUT2D eigenvalue weighted by atomic mass is 10.2. The molecule has 0 spiro atoms. The summed E-state index contributed by atoms with van der Waals surface area (Å²) in [5.74, 6) is 0.532. The highest BCUT2D eigenvalue weighted by molar-refractivity contribution is 6.30. The number of carbonyl (C=O) groups is 1. The molecule has 0 radical (unpaired) electrons. The van der Waals surface area contributed by atoms with Crippen molar-refractivity contribution in [3.05, 3.63) is 59.1 Å². The minimum absolute atomic E-state index is 0.123. The van der Waals surface area contributed by atoms with Crippen LogP contribution in [-0.4, -0.2) is 25.3 Å². The number of hydrogen-bond donors (Lipinski definition) is 2. The molecule has 0 aliphatic heterocycles. The SMILES string of the molecule is CCOc1cccc(/C=N\NC(=O)CNc2ccc(Cl)cc2)c1. The summed E-state index contributed by atoms with van der Waals surface area (Å²) in [6.07, 6.45) is 1.57. The maximum absolute atomic E-state index is 11.7. The smallest absolute Gasteiger partial charge is 0.259 e. The van der Waals surface area contributed by atoms with Crippen molar-refractivity contribution in [1.82, 2.24) is 5.43 Å². The van der Waals surface area contributed by atoms with Crippen LogP contribution in [0.1, 0.15) is 12.5 Å². The van der Waals surface area contributed by atoms with Crippen LogP contribution in [0.5, 0.6) is 5.75 Å². The third-order valence-electron chi connectivity index (χ3n) is 2.87. The Hall–Kier alpha value is -2.53. The van der Waals surface area contributed by atoms with Crippen molar-refractivity contribution in [2.45, 2.75) is 6.92 Å². The Morgan fingerprint density at radius 1 is 1.26 bits per heavy atom. The third-order valence-corrected chi connectivity index (χ3v) is 3.12. The molecule has 0 aliphatic carbocycles. The van der Waals surface area contributed by atoms with Crippen molar-refractivity contribution in [3.63, 3.8) is 0 Å². The van der Waals surface area contributed by atoms with Gasteiger partial charge in [-0.1, -0.05) is 23.7 Å². The van der Waals surface area contributed by atoms with Crippen molar-refractivity contribution in [2.75, 3.05) is 18.5 Å². The fourth-order valence-electron chi connectivity index (χ4n) is 1.82. The molecule has 6 heteroatoms. The fourth-order valence-corrected chi connectivity index (χ4v) is 1.95. The lowest BCUT2D eigenvalue weighted by Gasteiger charge is -2.05. The van der Waals surface area contributed by atoms with Crippen molar-refractivity contribution in [3.8, 4) is 5.75 Å². The number of halogens is 1. The van der Waals surface area contributed by atoms with E-state index in [4.69, 9.17) is 16.3 Å². The van der Waals surface area contributed by atoms with E-state index in [-0.39, 0.29) is 12.5 Å². The number of ether oxygens (including phenoxy) is 1. The van der Waals surface area contributed by atoms with Crippen molar-refractivity contribution in [2.24, 2.45) is 5.10 Å². The molecule has 2 N–H and O–H groups in total. The average Bonchev–Trinajstić information content (AvgIpc) is 2.55. The molecule has 120 valence electrons. The van der Waals surface area contributed by atoms with Crippen LogP contribution in [0, 0.1) is 0 Å². The molecule has 0 aromatic heterocycles. The number of hydrazone groups is 1. The summed E-state index contributed by atoms with van der Waals surface area (Å²) in [6.45, 7) is 2.65. The van der Waals surface area contributed by atoms with Gasteiger partial charge >= 0.3 is 0 Å². The van der Waals surface area contributed by atoms with Gasteiger partial charge in [-0.15, -0.1) is 0 Å². The molecule has 1 amide bonds. The second-order valence-corrected chi connectivity index (χ2v) is 5.10. The zero-order valence-corrected chi connectivity index (χ0v) is 13.5. The Bertz CT molecular complexity index is 672. The van der Waals surface area contributed by atoms with Crippen molar-refractivity contribution >= 4 is 29.4 Å². The van der Waals surface area contributed by atoms with Gasteiger partial charge in [0.25, 0.3) is 5.91 Å². The first kappa shape index (κ1) is 16.8. The highest BCUT2D eigenvalue weighted by atomic mass is 35.5. The van der Waals surface area contributed by atoms with E-state index in [2.05, 4.69) is 15.8 Å². The summed E-state index contributed by atoms with van der Waals surface area (Å²) in [6, 6.07) is 14.6. The molecular formula is C17H18ClN3O2. The molecule has 0 aliphatic rings. The number of benzene rings is 2. The van der Waals surface area contributed by atoms with Crippen LogP contribution < -0.4 is 15.5 Å². The van der Waals surface area contributed by atoms with Crippen molar-refractivity contribution < 1.29 is 9.53 Å². The Kier molecular flexibility index (Phi) is 6.44. The van der Waals surface area contributed by atoms with Crippen LogP contribution in [0.3, 0.4) is 0 Å². The maximum atomic E-state index is 11.7. The number of amides is 1. The van der Waals surface area contributed by atoms with Gasteiger partial charge in [0.15, 0.2) is 0 Å². The van der Waals surface area contributed by atoms with E-state index in [9.17, 15) is 4.79 Å². The molecule has 5 nitrogen and oxygen atoms in total. The number of rotatable bonds is 7. The summed E-state index contributed by atoms with van der Waals surface area (Å²) in [4.78, 5) is 11.7. The molecule has 0 saturated carbocycles. The Labute approximate surface area is 140 Å². The second kappa shape index (κ2) is 8.80. The summed E-state index contributed by atoms with van der Waals surface area (Å²) >= 11 is 5.80. The van der Waals surface area contributed by atoms with Crippen LogP contribution in [0.15, 0.2) is 53.6 Å². The number of nitrogens with one attached hydrogen (secondary N) is 2. The van der Waals surface area contributed by atoms with E-state index in [1.165, 1.54) is 0 Å². The van der Waals surface area contributed by atoms with Gasteiger partial charge in [-0.25, -0.2) is 5.43 Å². The van der Waals surface area contributed by atoms with Gasteiger partial charge in [-0.2, -0.15) is 5.10 Å². The van der Waals surface area contributed by atoms with E-state index in [1.807, 2.05) is 31.2 Å². The van der Waals surface area contributed by atoms with Crippen LogP contribution in [0.2, 0.25) is 5.02 Å². The van der Waals surface area contributed by atoms with Gasteiger partial charge in [0.1, 0.15) is 5.75 Å². The summed E-state index contributed by atoms with van der Waals surface area (Å²) in [5, 5.41) is 7.56. The van der Waals surface area contributed by atoms with Crippen molar-refractivity contribution in [1.29, 1.82) is 0 Å². The Balaban J connectivity index is 1.79. The number of nitrogens with zero attached hydrogens (tertiary/aromatic N) is 1. The summed E-state index contributed by atoms with van der Waals surface area (Å²) in [7, 11) is 0. The first-order chi connectivity index (χ1) is 11.2. The average molecular weight is 332 g/mol. The Morgan fingerprint density at radius 3 is 2.78 bits per heavy atom. The molecule has 0 bridgehead atoms. The van der Waals surface area contributed by atoms with Crippen LogP contribution in [0.4, 0.5) is 5.69 Å². The fraction of sp³-hybridized carbons (Fsp3) is 0.176. The van der Waals surface area contributed by atoms with E-state index in [1.54, 1.807) is 30.5 Å². The molecule has 0 fully saturated rings. The molecule has 0 atom stereocenters. The predicted molar refractivity (Wildman–Crippen MR) is 93.3 cm³/mol. The lowest BCUT2D eigenvalue weighted by molar-refractivity contribution is -0.119. The third kappa shape index (κ3) is 6.00. The lowest BCUT2D eigenvalue weighted by Crippen LogP contribution is -2.25. The normalized spacial score (nSPS) is 10.5. The highest BCUT2D eigenvalue weighted by Crippen LogP contribution is 2.13. The minimum Gasteiger partial charge on any atom is -0.494 e. The van der Waals surface area contributed by atoms with Gasteiger partial charge in [0.2, 0.25) is 0 Å². The zero-order chi connectivity index (χ0) is 16.5. The number of hydrogen-bond acceptors (Lipinski definition) is 4. The van der Waals surface area contributed by atoms with Gasteiger partial charge < -0.3 is 10.1 Å². The van der Waals surface area contributed by atoms with E-state index >= 15 is 0 Å². The van der Waals surface area contributed by atoms with Crippen LogP contribution >= 0.6 is 11.6 Å². The molecule has 2 aromatic rings. The predicted octanol–water partition coefficient (Wildman–Crippen LogP) is 3.30. The molecule has 0 saturated heterocycles.